The molecule has 2 N–H and O–H groups in total. The second-order valence-electron chi connectivity index (χ2n) is 4.58. The van der Waals surface area contributed by atoms with Crippen LogP contribution in [0.5, 0.6) is 0 Å². The number of carbonyl (C=O) groups is 1. The van der Waals surface area contributed by atoms with Gasteiger partial charge in [-0.3, -0.25) is 4.79 Å². The molecule has 1 aromatic rings. The number of nitrogens with two attached hydrogens (primary N) is 1. The Bertz CT molecular complexity index is 386. The quantitative estimate of drug-likeness (QED) is 0.822. The van der Waals surface area contributed by atoms with Crippen LogP contribution in [0.3, 0.4) is 0 Å². The molecule has 0 aliphatic carbocycles. The fourth-order valence-electron chi connectivity index (χ4n) is 2.32. The van der Waals surface area contributed by atoms with Crippen LogP contribution < -0.4 is 5.73 Å². The topological polar surface area (TPSA) is 59.5 Å². The third-order valence-electron chi connectivity index (χ3n) is 3.31. The Morgan fingerprint density at radius 3 is 2.94 bits per heavy atom. The van der Waals surface area contributed by atoms with E-state index in [0.717, 1.165) is 18.5 Å². The predicted octanol–water partition coefficient (Wildman–Crippen LogP) is 1.40. The molecule has 2 atom stereocenters. The summed E-state index contributed by atoms with van der Waals surface area (Å²) in [6, 6.07) is 2.07. The maximum atomic E-state index is 12.2. The highest BCUT2D eigenvalue weighted by Crippen LogP contribution is 2.25. The smallest absolute Gasteiger partial charge is 0.290 e. The molecule has 88 valence electrons. The van der Waals surface area contributed by atoms with Crippen molar-refractivity contribution in [3.63, 3.8) is 0 Å². The predicted molar refractivity (Wildman–Crippen MR) is 61.1 cm³/mol. The summed E-state index contributed by atoms with van der Waals surface area (Å²) in [5, 5.41) is 0. The van der Waals surface area contributed by atoms with E-state index in [1.807, 2.05) is 17.9 Å². The Hall–Kier alpha value is -1.29. The molecule has 0 bridgehead atoms. The number of furan rings is 1. The first-order chi connectivity index (χ1) is 7.63. The highest BCUT2D eigenvalue weighted by Gasteiger charge is 2.33. The van der Waals surface area contributed by atoms with Crippen molar-refractivity contribution >= 4 is 5.91 Å². The molecule has 0 saturated carbocycles. The summed E-state index contributed by atoms with van der Waals surface area (Å²) in [5.74, 6) is 0.879. The molecule has 1 aromatic heterocycles. The van der Waals surface area contributed by atoms with Gasteiger partial charge in [-0.2, -0.15) is 0 Å². The Labute approximate surface area is 95.4 Å². The van der Waals surface area contributed by atoms with Crippen LogP contribution in [0.25, 0.3) is 0 Å². The van der Waals surface area contributed by atoms with Crippen LogP contribution in [0, 0.1) is 12.8 Å². The molecule has 2 unspecified atom stereocenters. The minimum absolute atomic E-state index is 0.00838. The van der Waals surface area contributed by atoms with Gasteiger partial charge < -0.3 is 15.1 Å². The number of amides is 1. The summed E-state index contributed by atoms with van der Waals surface area (Å²) in [4.78, 5) is 14.1. The largest absolute Gasteiger partial charge is 0.459 e. The summed E-state index contributed by atoms with van der Waals surface area (Å²) in [7, 11) is 0. The van der Waals surface area contributed by atoms with Gasteiger partial charge >= 0.3 is 0 Å². The van der Waals surface area contributed by atoms with Crippen LogP contribution in [0.2, 0.25) is 0 Å². The molecule has 1 fully saturated rings. The van der Waals surface area contributed by atoms with Crippen molar-refractivity contribution in [1.82, 2.24) is 4.90 Å². The molecule has 1 saturated heterocycles. The van der Waals surface area contributed by atoms with Crippen LogP contribution in [-0.4, -0.2) is 29.9 Å². The standard InChI is InChI=1S/C12H18N2O2/c1-8-3-4-16-11(8)12(15)14-7-10(6-13)5-9(14)2/h3-4,9-10H,5-7,13H2,1-2H3. The molecule has 0 spiro atoms. The lowest BCUT2D eigenvalue weighted by atomic mass is 10.1. The van der Waals surface area contributed by atoms with Gasteiger partial charge in [0.25, 0.3) is 5.91 Å². The lowest BCUT2D eigenvalue weighted by Crippen LogP contribution is -2.34. The molecule has 1 amide bonds. The van der Waals surface area contributed by atoms with E-state index in [2.05, 4.69) is 6.92 Å². The lowest BCUT2D eigenvalue weighted by molar-refractivity contribution is 0.0710. The van der Waals surface area contributed by atoms with E-state index in [-0.39, 0.29) is 11.9 Å². The maximum absolute atomic E-state index is 12.2. The summed E-state index contributed by atoms with van der Waals surface area (Å²) >= 11 is 0. The minimum Gasteiger partial charge on any atom is -0.459 e. The Kier molecular flexibility index (Phi) is 3.01. The monoisotopic (exact) mass is 222 g/mol. The van der Waals surface area contributed by atoms with Crippen LogP contribution in [-0.2, 0) is 0 Å². The number of likely N-dealkylation sites (tertiary alicyclic amines) is 1. The zero-order chi connectivity index (χ0) is 11.7. The van der Waals surface area contributed by atoms with Gasteiger partial charge in [-0.1, -0.05) is 0 Å². The summed E-state index contributed by atoms with van der Waals surface area (Å²) in [6.45, 7) is 5.34. The van der Waals surface area contributed by atoms with E-state index in [1.165, 1.54) is 0 Å². The molecule has 2 heterocycles. The van der Waals surface area contributed by atoms with Gasteiger partial charge in [0.2, 0.25) is 0 Å². The van der Waals surface area contributed by atoms with Gasteiger partial charge in [0.05, 0.1) is 6.26 Å². The fourth-order valence-corrected chi connectivity index (χ4v) is 2.32. The van der Waals surface area contributed by atoms with Gasteiger partial charge in [-0.25, -0.2) is 0 Å². The van der Waals surface area contributed by atoms with Crippen LogP contribution in [0.1, 0.15) is 29.5 Å². The van der Waals surface area contributed by atoms with E-state index in [4.69, 9.17) is 10.2 Å². The molecule has 4 heteroatoms. The van der Waals surface area contributed by atoms with Gasteiger partial charge in [0, 0.05) is 18.2 Å². The molecule has 16 heavy (non-hydrogen) atoms. The molecule has 2 rings (SSSR count). The highest BCUT2D eigenvalue weighted by molar-refractivity contribution is 5.93. The fraction of sp³-hybridized carbons (Fsp3) is 0.583. The number of hydrogen-bond acceptors (Lipinski definition) is 3. The van der Waals surface area contributed by atoms with Gasteiger partial charge in [0.1, 0.15) is 0 Å². The first-order valence-corrected chi connectivity index (χ1v) is 5.68. The van der Waals surface area contributed by atoms with Crippen molar-refractivity contribution in [2.45, 2.75) is 26.3 Å². The Morgan fingerprint density at radius 1 is 1.69 bits per heavy atom. The molecule has 0 radical (unpaired) electrons. The number of aryl methyl sites for hydroxylation is 1. The molecule has 1 aliphatic rings. The third-order valence-corrected chi connectivity index (χ3v) is 3.31. The minimum atomic E-state index is -0.00838. The van der Waals surface area contributed by atoms with Crippen LogP contribution in [0.15, 0.2) is 16.7 Å². The van der Waals surface area contributed by atoms with Gasteiger partial charge in [-0.15, -0.1) is 0 Å². The molecular weight excluding hydrogens is 204 g/mol. The molecule has 1 aliphatic heterocycles. The van der Waals surface area contributed by atoms with Crippen molar-refractivity contribution in [3.8, 4) is 0 Å². The Balaban J connectivity index is 2.14. The number of carbonyl (C=O) groups excluding carboxylic acids is 1. The number of hydrogen-bond donors (Lipinski definition) is 1. The van der Waals surface area contributed by atoms with E-state index < -0.39 is 0 Å². The normalized spacial score (nSPS) is 25.1. The average molecular weight is 222 g/mol. The molecule has 0 aromatic carbocycles. The van der Waals surface area contributed by atoms with Crippen molar-refractivity contribution < 1.29 is 9.21 Å². The number of nitrogens with zero attached hydrogens (tertiary/aromatic N) is 1. The summed E-state index contributed by atoms with van der Waals surface area (Å²) in [5.41, 5.74) is 6.54. The zero-order valence-corrected chi connectivity index (χ0v) is 9.77. The van der Waals surface area contributed by atoms with E-state index in [9.17, 15) is 4.79 Å². The first-order valence-electron chi connectivity index (χ1n) is 5.68. The maximum Gasteiger partial charge on any atom is 0.290 e. The number of rotatable bonds is 2. The second-order valence-corrected chi connectivity index (χ2v) is 4.58. The Morgan fingerprint density at radius 2 is 2.44 bits per heavy atom. The second kappa shape index (κ2) is 4.29. The summed E-state index contributed by atoms with van der Waals surface area (Å²) < 4.78 is 5.23. The SMILES string of the molecule is Cc1ccoc1C(=O)N1CC(CN)CC1C. The third kappa shape index (κ3) is 1.85. The van der Waals surface area contributed by atoms with Gasteiger partial charge in [0.15, 0.2) is 5.76 Å². The van der Waals surface area contributed by atoms with E-state index >= 15 is 0 Å². The van der Waals surface area contributed by atoms with Crippen LogP contribution in [0.4, 0.5) is 0 Å². The molecular formula is C12H18N2O2. The lowest BCUT2D eigenvalue weighted by Gasteiger charge is -2.20. The zero-order valence-electron chi connectivity index (χ0n) is 9.77. The molecule has 4 nitrogen and oxygen atoms in total. The highest BCUT2D eigenvalue weighted by atomic mass is 16.3. The van der Waals surface area contributed by atoms with Crippen LogP contribution >= 0.6 is 0 Å². The van der Waals surface area contributed by atoms with Crippen molar-refractivity contribution in [3.05, 3.63) is 23.7 Å². The van der Waals surface area contributed by atoms with E-state index in [1.54, 1.807) is 6.26 Å². The summed E-state index contributed by atoms with van der Waals surface area (Å²) in [6.07, 6.45) is 2.55. The van der Waals surface area contributed by atoms with Crippen molar-refractivity contribution in [2.75, 3.05) is 13.1 Å². The van der Waals surface area contributed by atoms with E-state index in [0.29, 0.717) is 18.2 Å². The van der Waals surface area contributed by atoms with Crippen molar-refractivity contribution in [1.29, 1.82) is 0 Å². The van der Waals surface area contributed by atoms with Crippen molar-refractivity contribution in [2.24, 2.45) is 11.7 Å². The average Bonchev–Trinajstić information content (AvgIpc) is 2.83. The van der Waals surface area contributed by atoms with Gasteiger partial charge in [-0.05, 0) is 38.8 Å². The first kappa shape index (κ1) is 11.2.